The molecule has 5 rings (SSSR count). The molecule has 1 unspecified atom stereocenters. The second-order valence-electron chi connectivity index (χ2n) is 7.94. The lowest BCUT2D eigenvalue weighted by Crippen LogP contribution is -2.41. The van der Waals surface area contributed by atoms with Crippen molar-refractivity contribution in [1.29, 1.82) is 0 Å². The Morgan fingerprint density at radius 3 is 2.42 bits per heavy atom. The Bertz CT molecular complexity index is 1350. The predicted molar refractivity (Wildman–Crippen MR) is 125 cm³/mol. The highest BCUT2D eigenvalue weighted by molar-refractivity contribution is 7.95. The molecule has 0 amide bonds. The predicted octanol–water partition coefficient (Wildman–Crippen LogP) is 5.03. The van der Waals surface area contributed by atoms with E-state index in [1.807, 2.05) is 42.5 Å². The van der Waals surface area contributed by atoms with Gasteiger partial charge in [-0.15, -0.1) is 4.31 Å². The Kier molecular flexibility index (Phi) is 5.62. The molecule has 0 bridgehead atoms. The molecule has 1 atom stereocenters. The van der Waals surface area contributed by atoms with E-state index in [2.05, 4.69) is 5.16 Å². The van der Waals surface area contributed by atoms with E-state index in [1.54, 1.807) is 26.0 Å². The summed E-state index contributed by atoms with van der Waals surface area (Å²) in [6.45, 7) is 3.72. The van der Waals surface area contributed by atoms with Crippen LogP contribution in [0.5, 0.6) is 0 Å². The highest BCUT2D eigenvalue weighted by Crippen LogP contribution is 2.36. The Labute approximate surface area is 197 Å². The molecule has 9 heteroatoms. The molecule has 3 heterocycles. The van der Waals surface area contributed by atoms with Crippen LogP contribution in [0.1, 0.15) is 22.7 Å². The normalized spacial score (nSPS) is 15.8. The van der Waals surface area contributed by atoms with E-state index < -0.39 is 10.4 Å². The van der Waals surface area contributed by atoms with Gasteiger partial charge in [0, 0.05) is 35.1 Å². The number of rotatable bonds is 4. The fourth-order valence-electron chi connectivity index (χ4n) is 4.13. The zero-order chi connectivity index (χ0) is 23.2. The number of sulfonamides is 1. The van der Waals surface area contributed by atoms with Gasteiger partial charge in [0.2, 0.25) is 4.90 Å². The quantitative estimate of drug-likeness (QED) is 0.380. The largest absolute Gasteiger partial charge is 0.593 e. The van der Waals surface area contributed by atoms with Gasteiger partial charge in [0.05, 0.1) is 24.5 Å². The van der Waals surface area contributed by atoms with E-state index in [1.165, 1.54) is 4.31 Å². The van der Waals surface area contributed by atoms with Crippen molar-refractivity contribution in [2.24, 2.45) is 0 Å². The molecule has 7 nitrogen and oxygen atoms in total. The molecule has 1 aliphatic heterocycles. The molecule has 0 spiro atoms. The Morgan fingerprint density at radius 1 is 1.03 bits per heavy atom. The topological polar surface area (TPSA) is 95.2 Å². The molecule has 0 saturated carbocycles. The molecule has 2 aromatic carbocycles. The molecule has 1 aliphatic rings. The Morgan fingerprint density at radius 2 is 1.76 bits per heavy atom. The van der Waals surface area contributed by atoms with Crippen molar-refractivity contribution in [1.82, 2.24) is 19.4 Å². The maximum absolute atomic E-state index is 13.4. The van der Waals surface area contributed by atoms with Crippen LogP contribution in [0.15, 0.2) is 64.0 Å². The van der Waals surface area contributed by atoms with Gasteiger partial charge in [-0.1, -0.05) is 63.4 Å². The minimum absolute atomic E-state index is 0.126. The van der Waals surface area contributed by atoms with Gasteiger partial charge in [-0.25, -0.2) is 9.97 Å². The van der Waals surface area contributed by atoms with Gasteiger partial charge in [-0.05, 0) is 19.1 Å². The maximum atomic E-state index is 13.4. The number of hydrogen-bond donors (Lipinski definition) is 0. The van der Waals surface area contributed by atoms with E-state index in [4.69, 9.17) is 26.1 Å². The molecule has 0 N–H and O–H groups in total. The molecular weight excluding hydrogens is 460 g/mol. The lowest BCUT2D eigenvalue weighted by molar-refractivity contribution is 0.335. The molecule has 33 heavy (non-hydrogen) atoms. The van der Waals surface area contributed by atoms with Crippen LogP contribution in [0.25, 0.3) is 22.6 Å². The van der Waals surface area contributed by atoms with Crippen LogP contribution < -0.4 is 0 Å². The summed E-state index contributed by atoms with van der Waals surface area (Å²) in [7, 11) is -3.79. The molecule has 4 aromatic rings. The number of halogens is 1. The first-order valence-corrected chi connectivity index (χ1v) is 12.3. The number of hydrogen-bond acceptors (Lipinski definition) is 6. The van der Waals surface area contributed by atoms with Crippen LogP contribution >= 0.6 is 11.6 Å². The lowest BCUT2D eigenvalue weighted by atomic mass is 9.99. The molecule has 0 fully saturated rings. The third-order valence-corrected chi connectivity index (χ3v) is 8.08. The number of aromatic nitrogens is 3. The van der Waals surface area contributed by atoms with Gasteiger partial charge in [0.25, 0.3) is 0 Å². The van der Waals surface area contributed by atoms with Crippen molar-refractivity contribution in [2.75, 3.05) is 6.54 Å². The molecule has 0 saturated heterocycles. The molecule has 2 aromatic heterocycles. The summed E-state index contributed by atoms with van der Waals surface area (Å²) in [6, 6.07) is 17.1. The third-order valence-electron chi connectivity index (χ3n) is 5.74. The molecular formula is C24H21ClN4O3S. The summed E-state index contributed by atoms with van der Waals surface area (Å²) in [5.41, 5.74) is 4.45. The number of nitrogens with zero attached hydrogens (tertiary/aromatic N) is 4. The summed E-state index contributed by atoms with van der Waals surface area (Å²) in [5, 5.41) is 4.44. The first-order valence-electron chi connectivity index (χ1n) is 10.5. The van der Waals surface area contributed by atoms with Gasteiger partial charge in [-0.2, -0.15) is 0 Å². The smallest absolute Gasteiger partial charge is 0.240 e. The van der Waals surface area contributed by atoms with Gasteiger partial charge in [-0.3, -0.25) is 0 Å². The summed E-state index contributed by atoms with van der Waals surface area (Å²) in [6.07, 6.45) is 0.473. The van der Waals surface area contributed by atoms with Crippen LogP contribution in [0.4, 0.5) is 0 Å². The monoisotopic (exact) mass is 480 g/mol. The summed E-state index contributed by atoms with van der Waals surface area (Å²) >= 11 is 6.10. The fraction of sp³-hybridized carbons (Fsp3) is 0.208. The van der Waals surface area contributed by atoms with Crippen molar-refractivity contribution in [3.63, 3.8) is 0 Å². The van der Waals surface area contributed by atoms with Crippen molar-refractivity contribution in [2.45, 2.75) is 31.7 Å². The highest BCUT2D eigenvalue weighted by atomic mass is 35.5. The maximum Gasteiger partial charge on any atom is 0.240 e. The first-order chi connectivity index (χ1) is 15.8. The van der Waals surface area contributed by atoms with Gasteiger partial charge in [0.15, 0.2) is 22.0 Å². The van der Waals surface area contributed by atoms with Crippen LogP contribution in [0.2, 0.25) is 5.02 Å². The SMILES string of the molecule is Cc1noc(C)c1[S+](=O)([O-])N1CCc2nc(-c3ccccc3)nc(-c3ccc(Cl)cc3)c2C1. The zero-order valence-electron chi connectivity index (χ0n) is 18.1. The lowest BCUT2D eigenvalue weighted by Gasteiger charge is -2.31. The van der Waals surface area contributed by atoms with Gasteiger partial charge >= 0.3 is 0 Å². The minimum Gasteiger partial charge on any atom is -0.593 e. The van der Waals surface area contributed by atoms with Gasteiger partial charge in [0.1, 0.15) is 5.69 Å². The van der Waals surface area contributed by atoms with E-state index in [0.717, 1.165) is 22.4 Å². The summed E-state index contributed by atoms with van der Waals surface area (Å²) in [4.78, 5) is 9.80. The Balaban J connectivity index is 1.63. The van der Waals surface area contributed by atoms with E-state index in [9.17, 15) is 8.76 Å². The molecule has 0 aliphatic carbocycles. The standard InChI is InChI=1S/C24H21ClN4O3S/c1-15-23(16(2)32-28-15)33(30,31)29-13-12-21-20(14-29)22(17-8-10-19(25)11-9-17)27-24(26-21)18-6-4-3-5-7-18/h3-11H,12-14H2,1-2H3. The fourth-order valence-corrected chi connectivity index (χ4v) is 5.96. The average Bonchev–Trinajstić information content (AvgIpc) is 3.17. The Hall–Kier alpha value is -2.91. The van der Waals surface area contributed by atoms with Crippen molar-refractivity contribution < 1.29 is 13.3 Å². The van der Waals surface area contributed by atoms with Crippen LogP contribution in [0.3, 0.4) is 0 Å². The molecule has 168 valence electrons. The summed E-state index contributed by atoms with van der Waals surface area (Å²) < 4.78 is 33.5. The van der Waals surface area contributed by atoms with Crippen LogP contribution in [-0.2, 0) is 27.6 Å². The summed E-state index contributed by atoms with van der Waals surface area (Å²) in [5.74, 6) is 0.897. The van der Waals surface area contributed by atoms with Crippen molar-refractivity contribution in [3.05, 3.63) is 82.3 Å². The second kappa shape index (κ2) is 8.46. The van der Waals surface area contributed by atoms with Crippen molar-refractivity contribution >= 4 is 22.0 Å². The van der Waals surface area contributed by atoms with Crippen LogP contribution in [0, 0.1) is 13.8 Å². The number of fused-ring (bicyclic) bond motifs is 1. The highest BCUT2D eigenvalue weighted by Gasteiger charge is 2.39. The number of aryl methyl sites for hydroxylation is 2. The minimum atomic E-state index is -3.79. The van der Waals surface area contributed by atoms with Gasteiger partial charge < -0.3 is 9.08 Å². The van der Waals surface area contributed by atoms with Crippen molar-refractivity contribution in [3.8, 4) is 22.6 Å². The first kappa shape index (κ1) is 21.9. The van der Waals surface area contributed by atoms with E-state index >= 15 is 0 Å². The average molecular weight is 481 g/mol. The zero-order valence-corrected chi connectivity index (χ0v) is 19.7. The number of benzene rings is 2. The molecule has 0 radical (unpaired) electrons. The van der Waals surface area contributed by atoms with Crippen LogP contribution in [-0.4, -0.2) is 30.5 Å². The third kappa shape index (κ3) is 4.00. The van der Waals surface area contributed by atoms with E-state index in [-0.39, 0.29) is 17.2 Å². The second-order valence-corrected chi connectivity index (χ2v) is 10.2. The van der Waals surface area contributed by atoms with E-state index in [0.29, 0.717) is 35.2 Å².